The van der Waals surface area contributed by atoms with Crippen molar-refractivity contribution in [2.24, 2.45) is 5.92 Å². The molecule has 0 amide bonds. The van der Waals surface area contributed by atoms with Gasteiger partial charge in [-0.05, 0) is 66.8 Å². The molecule has 2 atom stereocenters. The highest BCUT2D eigenvalue weighted by Crippen LogP contribution is 2.43. The van der Waals surface area contributed by atoms with Crippen LogP contribution in [0.5, 0.6) is 0 Å². The molecular weight excluding hydrogens is 423 g/mol. The number of carbonyl (C=O) groups is 1. The largest absolute Gasteiger partial charge is 0.478 e. The predicted molar refractivity (Wildman–Crippen MR) is 108 cm³/mol. The Morgan fingerprint density at radius 2 is 1.69 bits per heavy atom. The minimum Gasteiger partial charge on any atom is -0.478 e. The number of hydrogen-bond acceptors (Lipinski definition) is 3. The van der Waals surface area contributed by atoms with Gasteiger partial charge in [-0.25, -0.2) is 9.10 Å². The Morgan fingerprint density at radius 1 is 1.07 bits per heavy atom. The van der Waals surface area contributed by atoms with Gasteiger partial charge in [-0.3, -0.25) is 0 Å². The van der Waals surface area contributed by atoms with Crippen LogP contribution < -0.4 is 0 Å². The first-order valence-corrected chi connectivity index (χ1v) is 10.5. The van der Waals surface area contributed by atoms with Crippen LogP contribution >= 0.6 is 23.5 Å². The van der Waals surface area contributed by atoms with Crippen LogP contribution in [0.2, 0.25) is 5.02 Å². The molecule has 0 aliphatic heterocycles. The number of halogens is 4. The molecule has 29 heavy (non-hydrogen) atoms. The fraction of sp³-hybridized carbons (Fsp3) is 0.381. The van der Waals surface area contributed by atoms with Crippen LogP contribution in [0, 0.1) is 5.92 Å². The van der Waals surface area contributed by atoms with Crippen molar-refractivity contribution < 1.29 is 23.1 Å². The minimum absolute atomic E-state index is 0.129. The van der Waals surface area contributed by atoms with Crippen LogP contribution in [-0.2, 0) is 6.54 Å². The molecule has 1 aliphatic carbocycles. The van der Waals surface area contributed by atoms with Crippen LogP contribution in [0.3, 0.4) is 0 Å². The summed E-state index contributed by atoms with van der Waals surface area (Å²) in [7, 11) is 0. The molecule has 0 aromatic heterocycles. The molecule has 1 N–H and O–H groups in total. The monoisotopic (exact) mass is 443 g/mol. The summed E-state index contributed by atoms with van der Waals surface area (Å²) in [6, 6.07) is 12.6. The fourth-order valence-corrected chi connectivity index (χ4v) is 4.87. The number of benzene rings is 2. The van der Waals surface area contributed by atoms with E-state index in [2.05, 4.69) is 0 Å². The maximum absolute atomic E-state index is 13.7. The first-order chi connectivity index (χ1) is 13.7. The number of aromatic carboxylic acids is 1. The molecule has 0 radical (unpaired) electrons. The first-order valence-electron chi connectivity index (χ1n) is 9.33. The van der Waals surface area contributed by atoms with Crippen molar-refractivity contribution >= 4 is 29.5 Å². The zero-order valence-corrected chi connectivity index (χ0v) is 17.1. The van der Waals surface area contributed by atoms with Crippen molar-refractivity contribution in [2.45, 2.75) is 49.3 Å². The molecular formula is C21H21ClF3NO2S. The third-order valence-corrected chi connectivity index (χ3v) is 6.46. The van der Waals surface area contributed by atoms with Gasteiger partial charge in [-0.1, -0.05) is 36.6 Å². The van der Waals surface area contributed by atoms with Crippen LogP contribution in [0.15, 0.2) is 53.4 Å². The molecule has 1 fully saturated rings. The Hall–Kier alpha value is -1.70. The minimum atomic E-state index is -4.25. The van der Waals surface area contributed by atoms with Crippen LogP contribution in [-0.4, -0.2) is 27.6 Å². The summed E-state index contributed by atoms with van der Waals surface area (Å²) in [6.45, 7) is 0.282. The number of rotatable bonds is 6. The summed E-state index contributed by atoms with van der Waals surface area (Å²) in [4.78, 5) is 11.9. The SMILES string of the molecule is O=C(O)c1ccc(CN(Sc2ccc(Cl)cc2)C2CCCCC2C(F)(F)F)cc1. The van der Waals surface area contributed by atoms with Gasteiger partial charge < -0.3 is 5.11 Å². The number of carboxylic acids is 1. The smallest absolute Gasteiger partial charge is 0.393 e. The maximum atomic E-state index is 13.7. The van der Waals surface area contributed by atoms with E-state index in [1.807, 2.05) is 0 Å². The molecule has 3 rings (SSSR count). The molecule has 0 spiro atoms. The highest BCUT2D eigenvalue weighted by Gasteiger charge is 2.47. The Morgan fingerprint density at radius 3 is 2.28 bits per heavy atom. The molecule has 3 nitrogen and oxygen atoms in total. The summed E-state index contributed by atoms with van der Waals surface area (Å²) in [5.74, 6) is -2.41. The second-order valence-corrected chi connectivity index (χ2v) is 8.68. The van der Waals surface area contributed by atoms with Crippen molar-refractivity contribution in [3.05, 3.63) is 64.7 Å². The maximum Gasteiger partial charge on any atom is 0.393 e. The van der Waals surface area contributed by atoms with E-state index in [0.717, 1.165) is 16.9 Å². The molecule has 2 aromatic carbocycles. The third-order valence-electron chi connectivity index (χ3n) is 5.10. The average molecular weight is 444 g/mol. The van der Waals surface area contributed by atoms with Gasteiger partial charge in [-0.2, -0.15) is 13.2 Å². The molecule has 1 aliphatic rings. The summed E-state index contributed by atoms with van der Waals surface area (Å²) >= 11 is 7.22. The van der Waals surface area contributed by atoms with Crippen molar-refractivity contribution in [1.29, 1.82) is 0 Å². The number of alkyl halides is 3. The van der Waals surface area contributed by atoms with E-state index >= 15 is 0 Å². The molecule has 2 unspecified atom stereocenters. The van der Waals surface area contributed by atoms with E-state index in [1.165, 1.54) is 24.1 Å². The Balaban J connectivity index is 1.87. The van der Waals surface area contributed by atoms with Gasteiger partial charge >= 0.3 is 12.1 Å². The van der Waals surface area contributed by atoms with E-state index in [0.29, 0.717) is 17.9 Å². The molecule has 0 bridgehead atoms. The second-order valence-electron chi connectivity index (χ2n) is 7.12. The van der Waals surface area contributed by atoms with E-state index in [1.54, 1.807) is 40.7 Å². The zero-order chi connectivity index (χ0) is 21.0. The molecule has 2 aromatic rings. The van der Waals surface area contributed by atoms with Gasteiger partial charge in [0, 0.05) is 22.5 Å². The van der Waals surface area contributed by atoms with Gasteiger partial charge in [0.15, 0.2) is 0 Å². The topological polar surface area (TPSA) is 40.5 Å². The van der Waals surface area contributed by atoms with E-state index in [9.17, 15) is 18.0 Å². The number of nitrogens with zero attached hydrogens (tertiary/aromatic N) is 1. The van der Waals surface area contributed by atoms with Crippen LogP contribution in [0.25, 0.3) is 0 Å². The van der Waals surface area contributed by atoms with Crippen molar-refractivity contribution in [1.82, 2.24) is 4.31 Å². The average Bonchev–Trinajstić information content (AvgIpc) is 2.69. The van der Waals surface area contributed by atoms with Crippen LogP contribution in [0.1, 0.15) is 41.6 Å². The fourth-order valence-electron chi connectivity index (χ4n) is 3.62. The molecule has 0 saturated heterocycles. The Kier molecular flexibility index (Phi) is 7.14. The standard InChI is InChI=1S/C21H21ClF3NO2S/c22-16-9-11-17(12-10-16)29-26(13-14-5-7-15(8-6-14)20(27)28)19-4-2-1-3-18(19)21(23,24)25/h5-12,18-19H,1-4,13H2,(H,27,28). The van der Waals surface area contributed by atoms with Gasteiger partial charge in [0.1, 0.15) is 0 Å². The molecule has 1 saturated carbocycles. The highest BCUT2D eigenvalue weighted by molar-refractivity contribution is 7.97. The lowest BCUT2D eigenvalue weighted by Gasteiger charge is -2.40. The van der Waals surface area contributed by atoms with Crippen molar-refractivity contribution in [3.63, 3.8) is 0 Å². The van der Waals surface area contributed by atoms with Gasteiger partial charge in [-0.15, -0.1) is 0 Å². The van der Waals surface area contributed by atoms with Gasteiger partial charge in [0.2, 0.25) is 0 Å². The highest BCUT2D eigenvalue weighted by atomic mass is 35.5. The van der Waals surface area contributed by atoms with E-state index < -0.39 is 24.1 Å². The lowest BCUT2D eigenvalue weighted by Crippen LogP contribution is -2.45. The summed E-state index contributed by atoms with van der Waals surface area (Å²) in [5.41, 5.74) is 0.916. The lowest BCUT2D eigenvalue weighted by molar-refractivity contribution is -0.194. The van der Waals surface area contributed by atoms with E-state index in [4.69, 9.17) is 16.7 Å². The van der Waals surface area contributed by atoms with E-state index in [-0.39, 0.29) is 18.5 Å². The number of hydrogen-bond donors (Lipinski definition) is 1. The molecule has 156 valence electrons. The first kappa shape index (κ1) is 22.0. The normalized spacial score (nSPS) is 20.0. The summed E-state index contributed by atoms with van der Waals surface area (Å²) in [6.07, 6.45) is -2.32. The number of carboxylic acid groups (broad SMARTS) is 1. The Labute approximate surface area is 177 Å². The van der Waals surface area contributed by atoms with Crippen LogP contribution in [0.4, 0.5) is 13.2 Å². The van der Waals surface area contributed by atoms with Gasteiger partial charge in [0.05, 0.1) is 11.5 Å². The summed E-state index contributed by atoms with van der Waals surface area (Å²) < 4.78 is 42.9. The predicted octanol–water partition coefficient (Wildman–Crippen LogP) is 6.67. The second kappa shape index (κ2) is 9.41. The Bertz CT molecular complexity index is 827. The lowest BCUT2D eigenvalue weighted by atomic mass is 9.84. The van der Waals surface area contributed by atoms with Crippen molar-refractivity contribution in [2.75, 3.05) is 0 Å². The van der Waals surface area contributed by atoms with Gasteiger partial charge in [0.25, 0.3) is 0 Å². The summed E-state index contributed by atoms with van der Waals surface area (Å²) in [5, 5.41) is 9.62. The molecule has 8 heteroatoms. The zero-order valence-electron chi connectivity index (χ0n) is 15.5. The van der Waals surface area contributed by atoms with Crippen molar-refractivity contribution in [3.8, 4) is 0 Å². The third kappa shape index (κ3) is 5.90. The molecule has 0 heterocycles. The quantitative estimate of drug-likeness (QED) is 0.506.